The number of rotatable bonds is 6. The normalized spacial score (nSPS) is 10.4. The third kappa shape index (κ3) is 4.94. The van der Waals surface area contributed by atoms with Crippen molar-refractivity contribution in [3.8, 4) is 10.4 Å². The molecule has 0 radical (unpaired) electrons. The van der Waals surface area contributed by atoms with Crippen molar-refractivity contribution in [2.75, 3.05) is 10.6 Å². The van der Waals surface area contributed by atoms with Crippen LogP contribution in [0.4, 0.5) is 11.4 Å². The third-order valence-electron chi connectivity index (χ3n) is 4.48. The lowest BCUT2D eigenvalue weighted by atomic mass is 10.1. The molecule has 0 aliphatic rings. The summed E-state index contributed by atoms with van der Waals surface area (Å²) in [7, 11) is 0. The molecule has 2 N–H and O–H groups in total. The summed E-state index contributed by atoms with van der Waals surface area (Å²) >= 11 is 7.44. The average molecular weight is 425 g/mol. The molecule has 29 heavy (non-hydrogen) atoms. The van der Waals surface area contributed by atoms with Crippen LogP contribution in [0.1, 0.15) is 23.8 Å². The zero-order chi connectivity index (χ0) is 21.0. The Labute approximate surface area is 179 Å². The van der Waals surface area contributed by atoms with E-state index in [0.29, 0.717) is 28.4 Å². The molecule has 148 valence electrons. The third-order valence-corrected chi connectivity index (χ3v) is 5.93. The molecule has 0 fully saturated rings. The van der Waals surface area contributed by atoms with Crippen LogP contribution in [0.5, 0.6) is 0 Å². The summed E-state index contributed by atoms with van der Waals surface area (Å²) in [6.07, 6.45) is 0.390. The molecule has 1 heterocycles. The van der Waals surface area contributed by atoms with Crippen molar-refractivity contribution in [3.63, 3.8) is 0 Å². The molecule has 6 heteroatoms. The molecule has 2 aromatic carbocycles. The van der Waals surface area contributed by atoms with Crippen LogP contribution in [0, 0.1) is 6.92 Å². The summed E-state index contributed by atoms with van der Waals surface area (Å²) in [5, 5.41) is 6.42. The Morgan fingerprint density at radius 3 is 2.31 bits per heavy atom. The summed E-state index contributed by atoms with van der Waals surface area (Å²) in [6.45, 7) is 7.61. The number of amides is 2. The molecular formula is C23H21ClN2O2S. The molecule has 0 saturated carbocycles. The lowest BCUT2D eigenvalue weighted by Crippen LogP contribution is -2.15. The van der Waals surface area contributed by atoms with Crippen molar-refractivity contribution >= 4 is 51.7 Å². The fourth-order valence-corrected chi connectivity index (χ4v) is 3.83. The second kappa shape index (κ2) is 9.07. The van der Waals surface area contributed by atoms with Crippen LogP contribution in [0.2, 0.25) is 5.02 Å². The van der Waals surface area contributed by atoms with E-state index in [-0.39, 0.29) is 11.8 Å². The molecule has 3 rings (SSSR count). The summed E-state index contributed by atoms with van der Waals surface area (Å²) in [4.78, 5) is 26.2. The number of thiophene rings is 1. The molecule has 3 aromatic rings. The molecule has 0 atom stereocenters. The first kappa shape index (κ1) is 20.8. The van der Waals surface area contributed by atoms with E-state index in [1.807, 2.05) is 49.4 Å². The van der Waals surface area contributed by atoms with Gasteiger partial charge in [0.2, 0.25) is 5.91 Å². The number of benzene rings is 2. The molecule has 0 aliphatic heterocycles. The highest BCUT2D eigenvalue weighted by molar-refractivity contribution is 7.16. The van der Waals surface area contributed by atoms with Crippen LogP contribution in [-0.4, -0.2) is 11.8 Å². The van der Waals surface area contributed by atoms with Gasteiger partial charge in [-0.25, -0.2) is 0 Å². The maximum Gasteiger partial charge on any atom is 0.256 e. The van der Waals surface area contributed by atoms with Crippen molar-refractivity contribution in [3.05, 3.63) is 76.6 Å². The highest BCUT2D eigenvalue weighted by Gasteiger charge is 2.15. The number of halogens is 1. The van der Waals surface area contributed by atoms with E-state index in [0.717, 1.165) is 20.9 Å². The number of hydrogen-bond acceptors (Lipinski definition) is 3. The van der Waals surface area contributed by atoms with Gasteiger partial charge < -0.3 is 10.6 Å². The Morgan fingerprint density at radius 1 is 1.00 bits per heavy atom. The summed E-state index contributed by atoms with van der Waals surface area (Å²) < 4.78 is 0. The largest absolute Gasteiger partial charge is 0.326 e. The molecule has 0 saturated heterocycles. The summed E-state index contributed by atoms with van der Waals surface area (Å²) in [5.41, 5.74) is 3.54. The van der Waals surface area contributed by atoms with Crippen LogP contribution in [0.25, 0.3) is 16.0 Å². The highest BCUT2D eigenvalue weighted by Crippen LogP contribution is 2.33. The topological polar surface area (TPSA) is 58.2 Å². The molecule has 0 aliphatic carbocycles. The Bertz CT molecular complexity index is 1070. The average Bonchev–Trinajstić information content (AvgIpc) is 3.21. The maximum absolute atomic E-state index is 12.7. The molecule has 0 unspecified atom stereocenters. The van der Waals surface area contributed by atoms with Gasteiger partial charge in [0.05, 0.1) is 0 Å². The Hall–Kier alpha value is -2.89. The molecule has 0 spiro atoms. The minimum Gasteiger partial charge on any atom is -0.326 e. The quantitative estimate of drug-likeness (QED) is 0.451. The van der Waals surface area contributed by atoms with Crippen molar-refractivity contribution in [2.45, 2.75) is 20.3 Å². The highest BCUT2D eigenvalue weighted by atomic mass is 35.5. The molecule has 2 amide bonds. The number of hydrogen-bond donors (Lipinski definition) is 2. The fraction of sp³-hybridized carbons (Fsp3) is 0.130. The van der Waals surface area contributed by atoms with Gasteiger partial charge in [-0.15, -0.1) is 11.3 Å². The summed E-state index contributed by atoms with van der Waals surface area (Å²) in [6, 6.07) is 16.8. The summed E-state index contributed by atoms with van der Waals surface area (Å²) in [5.74, 6) is -0.356. The van der Waals surface area contributed by atoms with Crippen molar-refractivity contribution in [2.24, 2.45) is 0 Å². The molecular weight excluding hydrogens is 404 g/mol. The van der Waals surface area contributed by atoms with Gasteiger partial charge in [0, 0.05) is 38.1 Å². The van der Waals surface area contributed by atoms with E-state index in [4.69, 9.17) is 11.6 Å². The van der Waals surface area contributed by atoms with Gasteiger partial charge in [0.1, 0.15) is 0 Å². The maximum atomic E-state index is 12.7. The zero-order valence-electron chi connectivity index (χ0n) is 16.2. The SMILES string of the molecule is C=C(C(=O)Nc1cccc(NC(=O)CC)c1C)c1ccc(-c2ccc(Cl)cc2)s1. The van der Waals surface area contributed by atoms with Crippen LogP contribution in [0.3, 0.4) is 0 Å². The zero-order valence-corrected chi connectivity index (χ0v) is 17.8. The van der Waals surface area contributed by atoms with Gasteiger partial charge in [-0.2, -0.15) is 0 Å². The Morgan fingerprint density at radius 2 is 1.66 bits per heavy atom. The van der Waals surface area contributed by atoms with Gasteiger partial charge in [-0.3, -0.25) is 9.59 Å². The fourth-order valence-electron chi connectivity index (χ4n) is 2.72. The molecule has 0 bridgehead atoms. The van der Waals surface area contributed by atoms with Gasteiger partial charge in [0.25, 0.3) is 5.91 Å². The Kier molecular flexibility index (Phi) is 6.52. The monoisotopic (exact) mass is 424 g/mol. The second-order valence-corrected chi connectivity index (χ2v) is 8.00. The van der Waals surface area contributed by atoms with Gasteiger partial charge >= 0.3 is 0 Å². The van der Waals surface area contributed by atoms with Gasteiger partial charge in [-0.1, -0.05) is 43.3 Å². The lowest BCUT2D eigenvalue weighted by Gasteiger charge is -2.13. The van der Waals surface area contributed by atoms with E-state index >= 15 is 0 Å². The Balaban J connectivity index is 1.75. The minimum atomic E-state index is -0.281. The number of nitrogens with one attached hydrogen (secondary N) is 2. The first-order chi connectivity index (χ1) is 13.9. The van der Waals surface area contributed by atoms with E-state index in [9.17, 15) is 9.59 Å². The molecule has 1 aromatic heterocycles. The molecule has 4 nitrogen and oxygen atoms in total. The van der Waals surface area contributed by atoms with Crippen molar-refractivity contribution in [1.29, 1.82) is 0 Å². The number of carbonyl (C=O) groups excluding carboxylic acids is 2. The van der Waals surface area contributed by atoms with E-state index < -0.39 is 0 Å². The first-order valence-electron chi connectivity index (χ1n) is 9.15. The van der Waals surface area contributed by atoms with Crippen LogP contribution in [-0.2, 0) is 9.59 Å². The van der Waals surface area contributed by atoms with E-state index in [2.05, 4.69) is 17.2 Å². The van der Waals surface area contributed by atoms with Crippen LogP contribution in [0.15, 0.2) is 61.2 Å². The van der Waals surface area contributed by atoms with Crippen LogP contribution >= 0.6 is 22.9 Å². The minimum absolute atomic E-state index is 0.0747. The predicted octanol–water partition coefficient (Wildman–Crippen LogP) is 6.38. The number of anilines is 2. The van der Waals surface area contributed by atoms with Crippen LogP contribution < -0.4 is 10.6 Å². The van der Waals surface area contributed by atoms with E-state index in [1.165, 1.54) is 11.3 Å². The second-order valence-electron chi connectivity index (χ2n) is 6.48. The predicted molar refractivity (Wildman–Crippen MR) is 123 cm³/mol. The lowest BCUT2D eigenvalue weighted by molar-refractivity contribution is -0.116. The van der Waals surface area contributed by atoms with E-state index in [1.54, 1.807) is 19.1 Å². The number of carbonyl (C=O) groups is 2. The van der Waals surface area contributed by atoms with Crippen molar-refractivity contribution < 1.29 is 9.59 Å². The van der Waals surface area contributed by atoms with Gasteiger partial charge in [0.15, 0.2) is 0 Å². The smallest absolute Gasteiger partial charge is 0.256 e. The van der Waals surface area contributed by atoms with Gasteiger partial charge in [-0.05, 0) is 54.4 Å². The standard InChI is InChI=1S/C23H21ClN2O2S/c1-4-22(27)25-18-6-5-7-19(14(18)2)26-23(28)15(3)20-12-13-21(29-20)16-8-10-17(24)11-9-16/h5-13H,3-4H2,1-2H3,(H,25,27)(H,26,28). The first-order valence-corrected chi connectivity index (χ1v) is 10.3. The van der Waals surface area contributed by atoms with Crippen molar-refractivity contribution in [1.82, 2.24) is 0 Å².